The second kappa shape index (κ2) is 8.33. The number of allylic oxidation sites excluding steroid dienone is 2. The molecule has 0 unspecified atom stereocenters. The first-order valence-electron chi connectivity index (χ1n) is 8.99. The van der Waals surface area contributed by atoms with Gasteiger partial charge in [-0.05, 0) is 53.8 Å². The highest BCUT2D eigenvalue weighted by molar-refractivity contribution is 5.84. The third-order valence-electron chi connectivity index (χ3n) is 4.67. The van der Waals surface area contributed by atoms with Crippen molar-refractivity contribution in [2.75, 3.05) is 18.0 Å². The minimum Gasteiger partial charge on any atom is -0.478 e. The summed E-state index contributed by atoms with van der Waals surface area (Å²) in [7, 11) is 0. The van der Waals surface area contributed by atoms with E-state index in [9.17, 15) is 18.0 Å². The van der Waals surface area contributed by atoms with E-state index in [1.54, 1.807) is 6.08 Å². The van der Waals surface area contributed by atoms with E-state index < -0.39 is 17.7 Å². The topological polar surface area (TPSA) is 40.5 Å². The molecular formula is C22H20F3NO2. The van der Waals surface area contributed by atoms with Gasteiger partial charge < -0.3 is 10.0 Å². The van der Waals surface area contributed by atoms with Gasteiger partial charge in [-0.15, -0.1) is 0 Å². The fourth-order valence-electron chi connectivity index (χ4n) is 3.25. The molecule has 0 aliphatic carbocycles. The molecule has 0 amide bonds. The van der Waals surface area contributed by atoms with Crippen molar-refractivity contribution in [3.05, 3.63) is 83.4 Å². The van der Waals surface area contributed by atoms with Gasteiger partial charge in [0.25, 0.3) is 0 Å². The van der Waals surface area contributed by atoms with E-state index in [-0.39, 0.29) is 0 Å². The summed E-state index contributed by atoms with van der Waals surface area (Å²) in [6.07, 6.45) is 1.90. The molecule has 0 spiro atoms. The molecule has 0 saturated carbocycles. The van der Waals surface area contributed by atoms with Crippen LogP contribution in [0.3, 0.4) is 0 Å². The van der Waals surface area contributed by atoms with E-state index in [4.69, 9.17) is 5.11 Å². The molecule has 1 aliphatic rings. The van der Waals surface area contributed by atoms with Crippen molar-refractivity contribution in [1.82, 2.24) is 0 Å². The zero-order valence-electron chi connectivity index (χ0n) is 15.1. The van der Waals surface area contributed by atoms with E-state index in [1.807, 2.05) is 24.3 Å². The largest absolute Gasteiger partial charge is 0.478 e. The maximum Gasteiger partial charge on any atom is 0.416 e. The summed E-state index contributed by atoms with van der Waals surface area (Å²) in [4.78, 5) is 13.0. The van der Waals surface area contributed by atoms with Gasteiger partial charge in [-0.25, -0.2) is 4.79 Å². The normalized spacial score (nSPS) is 15.4. The van der Waals surface area contributed by atoms with Gasteiger partial charge in [-0.2, -0.15) is 13.2 Å². The van der Waals surface area contributed by atoms with E-state index in [1.165, 1.54) is 31.1 Å². The van der Waals surface area contributed by atoms with Gasteiger partial charge in [-0.1, -0.05) is 36.4 Å². The van der Waals surface area contributed by atoms with E-state index in [0.717, 1.165) is 42.5 Å². The van der Waals surface area contributed by atoms with Gasteiger partial charge >= 0.3 is 12.1 Å². The standard InChI is InChI=1S/C22H20F3NO2/c23-22(24,25)18-10-6-16(7-11-18)20(4-3-5-21(27)28)17-8-12-19(13-9-17)26-14-1-2-15-26/h3-13H,1-2,14-15H2,(H,27,28)/b5-3+,20-4+. The number of anilines is 1. The molecule has 2 aromatic carbocycles. The van der Waals surface area contributed by atoms with Crippen LogP contribution in [0, 0.1) is 0 Å². The van der Waals surface area contributed by atoms with Crippen molar-refractivity contribution < 1.29 is 23.1 Å². The van der Waals surface area contributed by atoms with Gasteiger partial charge in [0.1, 0.15) is 0 Å². The molecule has 1 aliphatic heterocycles. The molecule has 1 heterocycles. The summed E-state index contributed by atoms with van der Waals surface area (Å²) in [5.41, 5.74) is 2.42. The van der Waals surface area contributed by atoms with Crippen LogP contribution in [0.25, 0.3) is 5.57 Å². The van der Waals surface area contributed by atoms with E-state index in [0.29, 0.717) is 11.1 Å². The molecule has 146 valence electrons. The third-order valence-corrected chi connectivity index (χ3v) is 4.67. The van der Waals surface area contributed by atoms with E-state index >= 15 is 0 Å². The molecular weight excluding hydrogens is 367 g/mol. The Morgan fingerprint density at radius 1 is 0.929 bits per heavy atom. The summed E-state index contributed by atoms with van der Waals surface area (Å²) in [5.74, 6) is -1.09. The molecule has 28 heavy (non-hydrogen) atoms. The highest BCUT2D eigenvalue weighted by atomic mass is 19.4. The van der Waals surface area contributed by atoms with Crippen molar-refractivity contribution in [1.29, 1.82) is 0 Å². The monoisotopic (exact) mass is 387 g/mol. The maximum absolute atomic E-state index is 12.8. The molecule has 6 heteroatoms. The van der Waals surface area contributed by atoms with Crippen LogP contribution in [0.1, 0.15) is 29.5 Å². The average Bonchev–Trinajstić information content (AvgIpc) is 3.19. The van der Waals surface area contributed by atoms with Crippen LogP contribution in [0.4, 0.5) is 18.9 Å². The third kappa shape index (κ3) is 4.82. The van der Waals surface area contributed by atoms with Gasteiger partial charge in [-0.3, -0.25) is 0 Å². The lowest BCUT2D eigenvalue weighted by molar-refractivity contribution is -0.137. The summed E-state index contributed by atoms with van der Waals surface area (Å²) in [6.45, 7) is 2.03. The number of alkyl halides is 3. The molecule has 1 fully saturated rings. The number of halogens is 3. The fraction of sp³-hybridized carbons (Fsp3) is 0.227. The molecule has 3 rings (SSSR count). The number of nitrogens with zero attached hydrogens (tertiary/aromatic N) is 1. The molecule has 1 saturated heterocycles. The summed E-state index contributed by atoms with van der Waals surface area (Å²) in [5, 5.41) is 8.80. The van der Waals surface area contributed by atoms with Crippen LogP contribution in [-0.4, -0.2) is 24.2 Å². The average molecular weight is 387 g/mol. The molecule has 1 N–H and O–H groups in total. The lowest BCUT2D eigenvalue weighted by atomic mass is 9.96. The number of aliphatic carboxylic acids is 1. The summed E-state index contributed by atoms with van der Waals surface area (Å²) in [6, 6.07) is 12.6. The highest BCUT2D eigenvalue weighted by Gasteiger charge is 2.30. The lowest BCUT2D eigenvalue weighted by Crippen LogP contribution is -2.17. The Morgan fingerprint density at radius 3 is 1.96 bits per heavy atom. The lowest BCUT2D eigenvalue weighted by Gasteiger charge is -2.18. The minimum atomic E-state index is -4.40. The van der Waals surface area contributed by atoms with Crippen LogP contribution >= 0.6 is 0 Å². The van der Waals surface area contributed by atoms with Crippen molar-refractivity contribution in [3.63, 3.8) is 0 Å². The summed E-state index contributed by atoms with van der Waals surface area (Å²) >= 11 is 0. The SMILES string of the molecule is O=C(O)/C=C/C=C(/c1ccc(N2CCCC2)cc1)c1ccc(C(F)(F)F)cc1. The zero-order valence-corrected chi connectivity index (χ0v) is 15.1. The Hall–Kier alpha value is -3.02. The summed E-state index contributed by atoms with van der Waals surface area (Å²) < 4.78 is 38.5. The second-order valence-electron chi connectivity index (χ2n) is 6.59. The molecule has 0 aromatic heterocycles. The van der Waals surface area contributed by atoms with Gasteiger partial charge in [0.15, 0.2) is 0 Å². The van der Waals surface area contributed by atoms with Crippen molar-refractivity contribution in [2.24, 2.45) is 0 Å². The first kappa shape index (κ1) is 19.7. The second-order valence-corrected chi connectivity index (χ2v) is 6.59. The molecule has 3 nitrogen and oxygen atoms in total. The highest BCUT2D eigenvalue weighted by Crippen LogP contribution is 2.32. The smallest absolute Gasteiger partial charge is 0.416 e. The Morgan fingerprint density at radius 2 is 1.46 bits per heavy atom. The first-order valence-corrected chi connectivity index (χ1v) is 8.99. The maximum atomic E-state index is 12.8. The number of rotatable bonds is 5. The minimum absolute atomic E-state index is 0.581. The zero-order chi connectivity index (χ0) is 20.1. The predicted octanol–water partition coefficient (Wildman–Crippen LogP) is 5.38. The number of hydrogen-bond donors (Lipinski definition) is 1. The quantitative estimate of drug-likeness (QED) is 0.553. The Labute approximate surface area is 161 Å². The van der Waals surface area contributed by atoms with Crippen molar-refractivity contribution in [2.45, 2.75) is 19.0 Å². The molecule has 0 radical (unpaired) electrons. The van der Waals surface area contributed by atoms with Gasteiger partial charge in [0, 0.05) is 24.9 Å². The van der Waals surface area contributed by atoms with Crippen LogP contribution in [-0.2, 0) is 11.0 Å². The number of benzene rings is 2. The Balaban J connectivity index is 1.94. The van der Waals surface area contributed by atoms with Crippen molar-refractivity contribution >= 4 is 17.2 Å². The molecule has 2 aromatic rings. The Kier molecular flexibility index (Phi) is 5.87. The first-order chi connectivity index (χ1) is 13.3. The number of carboxylic acid groups (broad SMARTS) is 1. The van der Waals surface area contributed by atoms with Gasteiger partial charge in [0.05, 0.1) is 5.56 Å². The van der Waals surface area contributed by atoms with Crippen LogP contribution < -0.4 is 4.90 Å². The number of carboxylic acids is 1. The molecule has 0 atom stereocenters. The van der Waals surface area contributed by atoms with Crippen LogP contribution in [0.5, 0.6) is 0 Å². The predicted molar refractivity (Wildman–Crippen MR) is 103 cm³/mol. The Bertz CT molecular complexity index is 875. The molecule has 0 bridgehead atoms. The van der Waals surface area contributed by atoms with E-state index in [2.05, 4.69) is 4.90 Å². The van der Waals surface area contributed by atoms with Crippen LogP contribution in [0.2, 0.25) is 0 Å². The van der Waals surface area contributed by atoms with Crippen LogP contribution in [0.15, 0.2) is 66.8 Å². The fourth-order valence-corrected chi connectivity index (χ4v) is 3.25. The number of hydrogen-bond acceptors (Lipinski definition) is 2. The van der Waals surface area contributed by atoms with Crippen molar-refractivity contribution in [3.8, 4) is 0 Å². The van der Waals surface area contributed by atoms with Gasteiger partial charge in [0.2, 0.25) is 0 Å². The number of carbonyl (C=O) groups is 1.